The molecule has 0 bridgehead atoms. The predicted molar refractivity (Wildman–Crippen MR) is 135 cm³/mol. The Kier molecular flexibility index (Phi) is 16.0. The Morgan fingerprint density at radius 1 is 0.933 bits per heavy atom. The molecule has 1 rings (SSSR count). The lowest BCUT2D eigenvalue weighted by molar-refractivity contribution is 0.301. The third-order valence-corrected chi connectivity index (χ3v) is 6.87. The first-order valence-corrected chi connectivity index (χ1v) is 13.2. The molecular weight excluding hydrogens is 366 g/mol. The van der Waals surface area contributed by atoms with Crippen LogP contribution in [-0.2, 0) is 0 Å². The summed E-state index contributed by atoms with van der Waals surface area (Å²) in [6.07, 6.45) is 20.7. The van der Waals surface area contributed by atoms with Crippen LogP contribution in [0.15, 0.2) is 24.6 Å². The molecule has 30 heavy (non-hydrogen) atoms. The van der Waals surface area contributed by atoms with Crippen molar-refractivity contribution in [1.82, 2.24) is 15.5 Å². The first-order valence-electron chi connectivity index (χ1n) is 13.2. The highest BCUT2D eigenvalue weighted by Gasteiger charge is 2.23. The number of hydrogen-bond acceptors (Lipinski definition) is 3. The summed E-state index contributed by atoms with van der Waals surface area (Å²) in [4.78, 5) is 2.57. The van der Waals surface area contributed by atoms with Crippen LogP contribution >= 0.6 is 0 Å². The van der Waals surface area contributed by atoms with Gasteiger partial charge in [-0.2, -0.15) is 0 Å². The predicted octanol–water partition coefficient (Wildman–Crippen LogP) is 7.16. The largest absolute Gasteiger partial charge is 0.389 e. The fourth-order valence-corrected chi connectivity index (χ4v) is 4.77. The second kappa shape index (κ2) is 17.7. The smallest absolute Gasteiger partial charge is 0.0284 e. The Morgan fingerprint density at radius 2 is 1.63 bits per heavy atom. The Hall–Kier alpha value is -0.960. The van der Waals surface area contributed by atoms with E-state index in [2.05, 4.69) is 49.6 Å². The zero-order valence-corrected chi connectivity index (χ0v) is 20.7. The molecule has 1 aliphatic rings. The van der Waals surface area contributed by atoms with Crippen LogP contribution in [0, 0.1) is 0 Å². The molecule has 1 aliphatic heterocycles. The van der Waals surface area contributed by atoms with Crippen molar-refractivity contribution in [2.75, 3.05) is 20.1 Å². The van der Waals surface area contributed by atoms with Gasteiger partial charge < -0.3 is 15.5 Å². The molecule has 1 fully saturated rings. The second-order valence-corrected chi connectivity index (χ2v) is 9.39. The van der Waals surface area contributed by atoms with Crippen molar-refractivity contribution in [1.29, 1.82) is 0 Å². The molecule has 2 atom stereocenters. The summed E-state index contributed by atoms with van der Waals surface area (Å²) in [5.74, 6) is 0. The maximum atomic E-state index is 4.36. The number of hydrogen-bond donors (Lipinski definition) is 2. The molecule has 0 aliphatic carbocycles. The van der Waals surface area contributed by atoms with Gasteiger partial charge in [0.05, 0.1) is 0 Å². The molecule has 0 spiro atoms. The van der Waals surface area contributed by atoms with Crippen molar-refractivity contribution < 1.29 is 0 Å². The number of unbranched alkanes of at least 4 members (excludes halogenated alkanes) is 6. The SMILES string of the molecule is C=C(CCCCCCC(CCCC)NC)NCCCCCC(=C)N1CCCC1CC. The van der Waals surface area contributed by atoms with E-state index in [4.69, 9.17) is 0 Å². The average Bonchev–Trinajstić information content (AvgIpc) is 3.24. The molecule has 0 aromatic carbocycles. The normalized spacial score (nSPS) is 17.3. The maximum absolute atomic E-state index is 4.36. The Labute approximate surface area is 189 Å². The van der Waals surface area contributed by atoms with E-state index in [0.29, 0.717) is 0 Å². The minimum absolute atomic E-state index is 0.724. The Balaban J connectivity index is 1.92. The zero-order chi connectivity index (χ0) is 22.0. The van der Waals surface area contributed by atoms with Crippen molar-refractivity contribution in [3.8, 4) is 0 Å². The van der Waals surface area contributed by atoms with E-state index in [9.17, 15) is 0 Å². The molecule has 3 nitrogen and oxygen atoms in total. The zero-order valence-electron chi connectivity index (χ0n) is 20.7. The average molecular weight is 420 g/mol. The van der Waals surface area contributed by atoms with Gasteiger partial charge in [0.15, 0.2) is 0 Å². The maximum Gasteiger partial charge on any atom is 0.0284 e. The molecule has 176 valence electrons. The number of allylic oxidation sites excluding steroid dienone is 2. The van der Waals surface area contributed by atoms with Gasteiger partial charge in [-0.05, 0) is 71.3 Å². The Morgan fingerprint density at radius 3 is 2.37 bits per heavy atom. The van der Waals surface area contributed by atoms with Crippen LogP contribution in [0.4, 0.5) is 0 Å². The lowest BCUT2D eigenvalue weighted by Crippen LogP contribution is -2.27. The molecule has 2 unspecified atom stereocenters. The monoisotopic (exact) mass is 419 g/mol. The highest BCUT2D eigenvalue weighted by molar-refractivity contribution is 4.99. The molecule has 2 N–H and O–H groups in total. The van der Waals surface area contributed by atoms with Gasteiger partial charge in [0.25, 0.3) is 0 Å². The topological polar surface area (TPSA) is 27.3 Å². The van der Waals surface area contributed by atoms with Gasteiger partial charge in [0.1, 0.15) is 0 Å². The number of nitrogens with one attached hydrogen (secondary N) is 2. The van der Waals surface area contributed by atoms with Gasteiger partial charge in [-0.25, -0.2) is 0 Å². The van der Waals surface area contributed by atoms with Crippen LogP contribution in [0.5, 0.6) is 0 Å². The van der Waals surface area contributed by atoms with Gasteiger partial charge in [0.2, 0.25) is 0 Å². The molecule has 0 aromatic rings. The highest BCUT2D eigenvalue weighted by atomic mass is 15.2. The second-order valence-electron chi connectivity index (χ2n) is 9.39. The van der Waals surface area contributed by atoms with E-state index < -0.39 is 0 Å². The van der Waals surface area contributed by atoms with Crippen LogP contribution in [0.25, 0.3) is 0 Å². The van der Waals surface area contributed by atoms with Crippen LogP contribution in [0.3, 0.4) is 0 Å². The van der Waals surface area contributed by atoms with E-state index in [0.717, 1.165) is 25.0 Å². The Bertz CT molecular complexity index is 445. The minimum Gasteiger partial charge on any atom is -0.389 e. The molecule has 1 heterocycles. The summed E-state index contributed by atoms with van der Waals surface area (Å²) in [6, 6.07) is 1.48. The summed E-state index contributed by atoms with van der Waals surface area (Å²) in [5.41, 5.74) is 2.61. The summed E-state index contributed by atoms with van der Waals surface area (Å²) in [5, 5.41) is 7.02. The van der Waals surface area contributed by atoms with E-state index in [1.807, 2.05) is 0 Å². The summed E-state index contributed by atoms with van der Waals surface area (Å²) in [7, 11) is 2.11. The van der Waals surface area contributed by atoms with E-state index >= 15 is 0 Å². The van der Waals surface area contributed by atoms with Crippen molar-refractivity contribution in [2.24, 2.45) is 0 Å². The molecule has 0 amide bonds. The molecule has 3 heteroatoms. The summed E-state index contributed by atoms with van der Waals surface area (Å²) >= 11 is 0. The number of nitrogens with zero attached hydrogens (tertiary/aromatic N) is 1. The van der Waals surface area contributed by atoms with E-state index in [1.165, 1.54) is 114 Å². The number of likely N-dealkylation sites (tertiary alicyclic amines) is 1. The summed E-state index contributed by atoms with van der Waals surface area (Å²) in [6.45, 7) is 15.5. The van der Waals surface area contributed by atoms with E-state index in [-0.39, 0.29) is 0 Å². The van der Waals surface area contributed by atoms with Gasteiger partial charge in [-0.3, -0.25) is 0 Å². The summed E-state index contributed by atoms with van der Waals surface area (Å²) < 4.78 is 0. The van der Waals surface area contributed by atoms with Gasteiger partial charge in [0, 0.05) is 36.6 Å². The van der Waals surface area contributed by atoms with Crippen LogP contribution in [0.1, 0.15) is 117 Å². The molecule has 0 radical (unpaired) electrons. The first-order chi connectivity index (χ1) is 14.6. The standard InChI is InChI=1S/C27H53N3/c1-6-8-19-26(28-5)20-14-10-9-12-17-24(3)29-22-15-11-13-18-25(4)30-23-16-21-27(30)7-2/h26-29H,3-4,6-23H2,1-2,5H3. The van der Waals surface area contributed by atoms with Gasteiger partial charge in [-0.15, -0.1) is 0 Å². The van der Waals surface area contributed by atoms with Crippen LogP contribution in [-0.4, -0.2) is 37.1 Å². The third-order valence-electron chi connectivity index (χ3n) is 6.87. The fourth-order valence-electron chi connectivity index (χ4n) is 4.77. The molecular formula is C27H53N3. The minimum atomic E-state index is 0.724. The number of rotatable bonds is 20. The van der Waals surface area contributed by atoms with Crippen LogP contribution in [0.2, 0.25) is 0 Å². The van der Waals surface area contributed by atoms with Gasteiger partial charge >= 0.3 is 0 Å². The lowest BCUT2D eigenvalue weighted by Gasteiger charge is -2.28. The third kappa shape index (κ3) is 12.0. The van der Waals surface area contributed by atoms with Crippen molar-refractivity contribution >= 4 is 0 Å². The molecule has 0 aromatic heterocycles. The van der Waals surface area contributed by atoms with Crippen molar-refractivity contribution in [3.05, 3.63) is 24.6 Å². The highest BCUT2D eigenvalue weighted by Crippen LogP contribution is 2.26. The van der Waals surface area contributed by atoms with Crippen molar-refractivity contribution in [2.45, 2.75) is 129 Å². The van der Waals surface area contributed by atoms with Crippen molar-refractivity contribution in [3.63, 3.8) is 0 Å². The van der Waals surface area contributed by atoms with E-state index in [1.54, 1.807) is 0 Å². The fraction of sp³-hybridized carbons (Fsp3) is 0.852. The van der Waals surface area contributed by atoms with Crippen LogP contribution < -0.4 is 10.6 Å². The quantitative estimate of drug-likeness (QED) is 0.205. The molecule has 1 saturated heterocycles. The molecule has 0 saturated carbocycles. The first kappa shape index (κ1) is 27.1. The van der Waals surface area contributed by atoms with Gasteiger partial charge in [-0.1, -0.05) is 65.5 Å². The lowest BCUT2D eigenvalue weighted by atomic mass is 10.0.